The van der Waals surface area contributed by atoms with Crippen LogP contribution in [0.25, 0.3) is 0 Å². The van der Waals surface area contributed by atoms with Crippen molar-refractivity contribution in [3.63, 3.8) is 0 Å². The van der Waals surface area contributed by atoms with Gasteiger partial charge in [0.2, 0.25) is 11.8 Å². The standard InChI is InChI=1S/C21H25N3O2/c1-23(2)21(26)11-10-16-6-5-8-18(14-16)22-20(25)15-24-13-12-17-7-3-4-9-19(17)24/h3-9,14H,10-13,15H2,1-2H3,(H,22,25). The van der Waals surface area contributed by atoms with Crippen molar-refractivity contribution in [1.82, 2.24) is 4.90 Å². The minimum absolute atomic E-state index is 0.0248. The van der Waals surface area contributed by atoms with Gasteiger partial charge in [0.15, 0.2) is 0 Å². The highest BCUT2D eigenvalue weighted by atomic mass is 16.2. The summed E-state index contributed by atoms with van der Waals surface area (Å²) in [5, 5.41) is 2.97. The van der Waals surface area contributed by atoms with Crippen LogP contribution >= 0.6 is 0 Å². The summed E-state index contributed by atoms with van der Waals surface area (Å²) in [7, 11) is 3.52. The van der Waals surface area contributed by atoms with E-state index in [2.05, 4.69) is 22.3 Å². The lowest BCUT2D eigenvalue weighted by atomic mass is 10.1. The number of benzene rings is 2. The van der Waals surface area contributed by atoms with Gasteiger partial charge in [0.1, 0.15) is 0 Å². The molecule has 0 aliphatic carbocycles. The molecule has 1 aliphatic heterocycles. The molecule has 0 saturated heterocycles. The van der Waals surface area contributed by atoms with Crippen LogP contribution in [0.5, 0.6) is 0 Å². The molecular formula is C21H25N3O2. The first-order valence-corrected chi connectivity index (χ1v) is 8.95. The Morgan fingerprint density at radius 2 is 1.92 bits per heavy atom. The molecule has 1 N–H and O–H groups in total. The van der Waals surface area contributed by atoms with E-state index < -0.39 is 0 Å². The van der Waals surface area contributed by atoms with E-state index in [4.69, 9.17) is 0 Å². The first-order valence-electron chi connectivity index (χ1n) is 8.95. The third kappa shape index (κ3) is 4.42. The van der Waals surface area contributed by atoms with E-state index in [1.165, 1.54) is 5.56 Å². The normalized spacial score (nSPS) is 12.6. The highest BCUT2D eigenvalue weighted by Crippen LogP contribution is 2.27. The molecule has 0 unspecified atom stereocenters. The molecule has 2 amide bonds. The van der Waals surface area contributed by atoms with Crippen molar-refractivity contribution in [1.29, 1.82) is 0 Å². The van der Waals surface area contributed by atoms with Crippen molar-refractivity contribution in [3.05, 3.63) is 59.7 Å². The second-order valence-electron chi connectivity index (χ2n) is 6.84. The fraction of sp³-hybridized carbons (Fsp3) is 0.333. The first-order chi connectivity index (χ1) is 12.5. The topological polar surface area (TPSA) is 52.7 Å². The molecule has 1 aliphatic rings. The van der Waals surface area contributed by atoms with E-state index >= 15 is 0 Å². The number of fused-ring (bicyclic) bond motifs is 1. The third-order valence-corrected chi connectivity index (χ3v) is 4.65. The number of anilines is 2. The van der Waals surface area contributed by atoms with Gasteiger partial charge in [-0.25, -0.2) is 0 Å². The molecule has 0 atom stereocenters. The van der Waals surface area contributed by atoms with Gasteiger partial charge in [-0.15, -0.1) is 0 Å². The minimum Gasteiger partial charge on any atom is -0.362 e. The van der Waals surface area contributed by atoms with Crippen molar-refractivity contribution >= 4 is 23.2 Å². The van der Waals surface area contributed by atoms with E-state index in [1.807, 2.05) is 36.4 Å². The SMILES string of the molecule is CN(C)C(=O)CCc1cccc(NC(=O)CN2CCc3ccccc32)c1. The van der Waals surface area contributed by atoms with Crippen LogP contribution in [0.3, 0.4) is 0 Å². The number of hydrogen-bond donors (Lipinski definition) is 1. The van der Waals surface area contributed by atoms with Gasteiger partial charge in [-0.2, -0.15) is 0 Å². The first kappa shape index (κ1) is 18.0. The van der Waals surface area contributed by atoms with Crippen molar-refractivity contribution in [3.8, 4) is 0 Å². The van der Waals surface area contributed by atoms with Gasteiger partial charge in [0.05, 0.1) is 6.54 Å². The molecule has 1 heterocycles. The number of para-hydroxylation sites is 1. The Labute approximate surface area is 154 Å². The molecule has 26 heavy (non-hydrogen) atoms. The van der Waals surface area contributed by atoms with E-state index in [-0.39, 0.29) is 11.8 Å². The van der Waals surface area contributed by atoms with Crippen LogP contribution in [-0.4, -0.2) is 43.9 Å². The molecule has 2 aromatic carbocycles. The molecule has 3 rings (SSSR count). The van der Waals surface area contributed by atoms with Crippen LogP contribution in [0, 0.1) is 0 Å². The largest absolute Gasteiger partial charge is 0.362 e. The lowest BCUT2D eigenvalue weighted by molar-refractivity contribution is -0.128. The molecule has 0 radical (unpaired) electrons. The van der Waals surface area contributed by atoms with Crippen LogP contribution < -0.4 is 10.2 Å². The second kappa shape index (κ2) is 8.04. The maximum atomic E-state index is 12.4. The number of hydrogen-bond acceptors (Lipinski definition) is 3. The number of rotatable bonds is 6. The molecule has 2 aromatic rings. The summed E-state index contributed by atoms with van der Waals surface area (Å²) in [4.78, 5) is 27.9. The zero-order chi connectivity index (χ0) is 18.5. The third-order valence-electron chi connectivity index (χ3n) is 4.65. The molecule has 5 nitrogen and oxygen atoms in total. The van der Waals surface area contributed by atoms with Gasteiger partial charge >= 0.3 is 0 Å². The van der Waals surface area contributed by atoms with Crippen LogP contribution in [0.15, 0.2) is 48.5 Å². The highest BCUT2D eigenvalue weighted by molar-refractivity contribution is 5.94. The van der Waals surface area contributed by atoms with E-state index in [1.54, 1.807) is 19.0 Å². The Morgan fingerprint density at radius 1 is 1.12 bits per heavy atom. The Bertz CT molecular complexity index is 801. The molecule has 136 valence electrons. The van der Waals surface area contributed by atoms with Gasteiger partial charge in [-0.05, 0) is 42.2 Å². The van der Waals surface area contributed by atoms with E-state index in [0.717, 1.165) is 29.9 Å². The number of nitrogens with one attached hydrogen (secondary N) is 1. The lowest BCUT2D eigenvalue weighted by Crippen LogP contribution is -2.31. The van der Waals surface area contributed by atoms with Crippen LogP contribution in [0.2, 0.25) is 0 Å². The van der Waals surface area contributed by atoms with Crippen LogP contribution in [0.4, 0.5) is 11.4 Å². The summed E-state index contributed by atoms with van der Waals surface area (Å²) in [5.74, 6) is 0.0790. The summed E-state index contributed by atoms with van der Waals surface area (Å²) in [6.45, 7) is 1.22. The number of amides is 2. The number of nitrogens with zero attached hydrogens (tertiary/aromatic N) is 2. The number of aryl methyl sites for hydroxylation is 1. The predicted molar refractivity (Wildman–Crippen MR) is 104 cm³/mol. The zero-order valence-corrected chi connectivity index (χ0v) is 15.4. The highest BCUT2D eigenvalue weighted by Gasteiger charge is 2.20. The quantitative estimate of drug-likeness (QED) is 0.871. The van der Waals surface area contributed by atoms with Gasteiger partial charge in [-0.1, -0.05) is 30.3 Å². The Morgan fingerprint density at radius 3 is 2.73 bits per heavy atom. The van der Waals surface area contributed by atoms with Crippen molar-refractivity contribution in [2.24, 2.45) is 0 Å². The van der Waals surface area contributed by atoms with Crippen molar-refractivity contribution < 1.29 is 9.59 Å². The maximum absolute atomic E-state index is 12.4. The van der Waals surface area contributed by atoms with Crippen molar-refractivity contribution in [2.45, 2.75) is 19.3 Å². The summed E-state index contributed by atoms with van der Waals surface area (Å²) in [6.07, 6.45) is 2.12. The fourth-order valence-corrected chi connectivity index (χ4v) is 3.22. The molecule has 5 heteroatoms. The van der Waals surface area contributed by atoms with Gasteiger partial charge in [0.25, 0.3) is 0 Å². The summed E-state index contributed by atoms with van der Waals surface area (Å²) >= 11 is 0. The molecule has 0 saturated carbocycles. The summed E-state index contributed by atoms with van der Waals surface area (Å²) < 4.78 is 0. The maximum Gasteiger partial charge on any atom is 0.243 e. The number of carbonyl (C=O) groups is 2. The minimum atomic E-state index is -0.0248. The van der Waals surface area contributed by atoms with Gasteiger partial charge in [-0.3, -0.25) is 9.59 Å². The molecular weight excluding hydrogens is 326 g/mol. The fourth-order valence-electron chi connectivity index (χ4n) is 3.22. The average Bonchev–Trinajstić information content (AvgIpc) is 3.03. The second-order valence-corrected chi connectivity index (χ2v) is 6.84. The predicted octanol–water partition coefficient (Wildman–Crippen LogP) is 2.71. The van der Waals surface area contributed by atoms with Gasteiger partial charge < -0.3 is 15.1 Å². The summed E-state index contributed by atoms with van der Waals surface area (Å²) in [6, 6.07) is 15.9. The molecule has 0 spiro atoms. The molecule has 0 bridgehead atoms. The Kier molecular flexibility index (Phi) is 5.56. The monoisotopic (exact) mass is 351 g/mol. The Hall–Kier alpha value is -2.82. The molecule has 0 aromatic heterocycles. The lowest BCUT2D eigenvalue weighted by Gasteiger charge is -2.19. The Balaban J connectivity index is 1.56. The average molecular weight is 351 g/mol. The zero-order valence-electron chi connectivity index (χ0n) is 15.4. The van der Waals surface area contributed by atoms with Crippen molar-refractivity contribution in [2.75, 3.05) is 37.4 Å². The van der Waals surface area contributed by atoms with E-state index in [0.29, 0.717) is 19.4 Å². The van der Waals surface area contributed by atoms with Crippen LogP contribution in [-0.2, 0) is 22.4 Å². The smallest absolute Gasteiger partial charge is 0.243 e. The van der Waals surface area contributed by atoms with Gasteiger partial charge in [0, 0.05) is 38.4 Å². The van der Waals surface area contributed by atoms with Crippen LogP contribution in [0.1, 0.15) is 17.5 Å². The van der Waals surface area contributed by atoms with E-state index in [9.17, 15) is 9.59 Å². The summed E-state index contributed by atoms with van der Waals surface area (Å²) in [5.41, 5.74) is 4.27. The molecule has 0 fully saturated rings. The number of carbonyl (C=O) groups excluding carboxylic acids is 2.